The Bertz CT molecular complexity index is 1450. The standard InChI is InChI=1S/C32H41N3O5S/c1-8-40-28-16-14-27(15-17-28)35(41(38,39)29-18-12-23(2)13-19-29)22-30(36)34(21-26-11-9-10-24(3)20-26)25(4)31(37)33-32(5,6)7/h9-20,25H,8,21-22H2,1-7H3,(H,33,37)/t25-/m1/s1. The van der Waals surface area contributed by atoms with E-state index in [-0.39, 0.29) is 17.3 Å². The van der Waals surface area contributed by atoms with E-state index in [0.717, 1.165) is 21.0 Å². The first-order valence-corrected chi connectivity index (χ1v) is 15.1. The van der Waals surface area contributed by atoms with Crippen molar-refractivity contribution in [3.8, 4) is 5.75 Å². The Morgan fingerprint density at radius 1 is 0.927 bits per heavy atom. The molecule has 0 unspecified atom stereocenters. The lowest BCUT2D eigenvalue weighted by atomic mass is 10.1. The van der Waals surface area contributed by atoms with E-state index in [1.54, 1.807) is 43.3 Å². The molecule has 0 radical (unpaired) electrons. The highest BCUT2D eigenvalue weighted by molar-refractivity contribution is 7.92. The van der Waals surface area contributed by atoms with E-state index in [9.17, 15) is 18.0 Å². The topological polar surface area (TPSA) is 96.0 Å². The molecule has 0 saturated carbocycles. The van der Waals surface area contributed by atoms with Crippen molar-refractivity contribution in [1.82, 2.24) is 10.2 Å². The average molecular weight is 580 g/mol. The molecule has 0 bridgehead atoms. The molecule has 0 heterocycles. The number of carbonyl (C=O) groups is 2. The molecule has 0 aromatic heterocycles. The van der Waals surface area contributed by atoms with Gasteiger partial charge in [-0.05, 0) is 90.4 Å². The SMILES string of the molecule is CCOc1ccc(N(CC(=O)N(Cc2cccc(C)c2)[C@H](C)C(=O)NC(C)(C)C)S(=O)(=O)c2ccc(C)cc2)cc1. The molecule has 9 heteroatoms. The molecule has 8 nitrogen and oxygen atoms in total. The van der Waals surface area contributed by atoms with Gasteiger partial charge >= 0.3 is 0 Å². The lowest BCUT2D eigenvalue weighted by Gasteiger charge is -2.33. The summed E-state index contributed by atoms with van der Waals surface area (Å²) < 4.78 is 34.5. The number of anilines is 1. The summed E-state index contributed by atoms with van der Waals surface area (Å²) in [5, 5.41) is 2.94. The smallest absolute Gasteiger partial charge is 0.264 e. The predicted molar refractivity (Wildman–Crippen MR) is 162 cm³/mol. The molecular formula is C32H41N3O5S. The first-order chi connectivity index (χ1) is 19.2. The van der Waals surface area contributed by atoms with Crippen LogP contribution in [0.1, 0.15) is 51.3 Å². The number of ether oxygens (including phenoxy) is 1. The second-order valence-electron chi connectivity index (χ2n) is 11.2. The van der Waals surface area contributed by atoms with E-state index in [1.807, 2.05) is 65.8 Å². The van der Waals surface area contributed by atoms with Crippen LogP contribution in [0, 0.1) is 13.8 Å². The zero-order valence-electron chi connectivity index (χ0n) is 25.0. The van der Waals surface area contributed by atoms with E-state index < -0.39 is 34.1 Å². The summed E-state index contributed by atoms with van der Waals surface area (Å²) in [6.07, 6.45) is 0. The molecule has 1 N–H and O–H groups in total. The molecule has 0 fully saturated rings. The monoisotopic (exact) mass is 579 g/mol. The Labute approximate surface area is 244 Å². The van der Waals surface area contributed by atoms with Crippen LogP contribution in [0.25, 0.3) is 0 Å². The van der Waals surface area contributed by atoms with Crippen molar-refractivity contribution in [2.24, 2.45) is 0 Å². The molecule has 0 saturated heterocycles. The number of aryl methyl sites for hydroxylation is 2. The van der Waals surface area contributed by atoms with Crippen molar-refractivity contribution in [2.45, 2.75) is 71.5 Å². The average Bonchev–Trinajstić information content (AvgIpc) is 2.90. The molecule has 0 aliphatic carbocycles. The lowest BCUT2D eigenvalue weighted by molar-refractivity contribution is -0.140. The van der Waals surface area contributed by atoms with Gasteiger partial charge in [-0.1, -0.05) is 47.5 Å². The molecular weight excluding hydrogens is 538 g/mol. The summed E-state index contributed by atoms with van der Waals surface area (Å²) in [7, 11) is -4.13. The normalized spacial score (nSPS) is 12.4. The highest BCUT2D eigenvalue weighted by atomic mass is 32.2. The van der Waals surface area contributed by atoms with Crippen molar-refractivity contribution in [3.63, 3.8) is 0 Å². The number of hydrogen-bond donors (Lipinski definition) is 1. The molecule has 0 aliphatic rings. The first-order valence-electron chi connectivity index (χ1n) is 13.7. The van der Waals surface area contributed by atoms with Gasteiger partial charge in [0, 0.05) is 12.1 Å². The maximum absolute atomic E-state index is 14.0. The fourth-order valence-electron chi connectivity index (χ4n) is 4.31. The zero-order chi connectivity index (χ0) is 30.4. The Hall–Kier alpha value is -3.85. The van der Waals surface area contributed by atoms with Crippen LogP contribution >= 0.6 is 0 Å². The summed E-state index contributed by atoms with van der Waals surface area (Å²) in [5.74, 6) is -0.246. The van der Waals surface area contributed by atoms with Gasteiger partial charge in [-0.25, -0.2) is 8.42 Å². The maximum atomic E-state index is 14.0. The van der Waals surface area contributed by atoms with Crippen molar-refractivity contribution >= 4 is 27.5 Å². The third-order valence-electron chi connectivity index (χ3n) is 6.42. The Morgan fingerprint density at radius 2 is 1.56 bits per heavy atom. The largest absolute Gasteiger partial charge is 0.494 e. The van der Waals surface area contributed by atoms with Gasteiger partial charge in [-0.2, -0.15) is 0 Å². The molecule has 2 amide bonds. The van der Waals surface area contributed by atoms with Crippen LogP contribution in [0.4, 0.5) is 5.69 Å². The van der Waals surface area contributed by atoms with Crippen LogP contribution in [0.5, 0.6) is 5.75 Å². The molecule has 220 valence electrons. The van der Waals surface area contributed by atoms with E-state index in [0.29, 0.717) is 18.0 Å². The fraction of sp³-hybridized carbons (Fsp3) is 0.375. The minimum Gasteiger partial charge on any atom is -0.494 e. The van der Waals surface area contributed by atoms with E-state index in [4.69, 9.17) is 4.74 Å². The van der Waals surface area contributed by atoms with E-state index in [1.165, 1.54) is 17.0 Å². The number of rotatable bonds is 11. The summed E-state index contributed by atoms with van der Waals surface area (Å²) >= 11 is 0. The number of benzene rings is 3. The third-order valence-corrected chi connectivity index (χ3v) is 8.21. The third kappa shape index (κ3) is 8.57. The number of nitrogens with one attached hydrogen (secondary N) is 1. The second kappa shape index (κ2) is 13.2. The predicted octanol–water partition coefficient (Wildman–Crippen LogP) is 5.23. The highest BCUT2D eigenvalue weighted by Gasteiger charge is 2.33. The van der Waals surface area contributed by atoms with Crippen LogP contribution in [0.3, 0.4) is 0 Å². The molecule has 3 rings (SSSR count). The minimum absolute atomic E-state index is 0.0635. The van der Waals surface area contributed by atoms with Crippen molar-refractivity contribution < 1.29 is 22.7 Å². The Balaban J connectivity index is 2.04. The highest BCUT2D eigenvalue weighted by Crippen LogP contribution is 2.27. The Kier molecular flexibility index (Phi) is 10.2. The van der Waals surface area contributed by atoms with Crippen molar-refractivity contribution in [2.75, 3.05) is 17.5 Å². The molecule has 41 heavy (non-hydrogen) atoms. The minimum atomic E-state index is -4.13. The van der Waals surface area contributed by atoms with Gasteiger partial charge < -0.3 is 15.0 Å². The van der Waals surface area contributed by atoms with E-state index >= 15 is 0 Å². The summed E-state index contributed by atoms with van der Waals surface area (Å²) in [6.45, 7) is 13.1. The second-order valence-corrected chi connectivity index (χ2v) is 13.0. The van der Waals surface area contributed by atoms with E-state index in [2.05, 4.69) is 5.32 Å². The number of nitrogens with zero attached hydrogens (tertiary/aromatic N) is 2. The van der Waals surface area contributed by atoms with Crippen LogP contribution < -0.4 is 14.4 Å². The van der Waals surface area contributed by atoms with Gasteiger partial charge in [-0.3, -0.25) is 13.9 Å². The molecule has 3 aromatic rings. The van der Waals surface area contributed by atoms with Crippen LogP contribution in [0.2, 0.25) is 0 Å². The summed E-state index contributed by atoms with van der Waals surface area (Å²) in [6, 6.07) is 19.9. The molecule has 3 aromatic carbocycles. The zero-order valence-corrected chi connectivity index (χ0v) is 25.8. The summed E-state index contributed by atoms with van der Waals surface area (Å²) in [4.78, 5) is 28.8. The number of amides is 2. The lowest BCUT2D eigenvalue weighted by Crippen LogP contribution is -2.54. The van der Waals surface area contributed by atoms with Crippen LogP contribution in [0.15, 0.2) is 77.7 Å². The van der Waals surface area contributed by atoms with Crippen molar-refractivity contribution in [3.05, 3.63) is 89.5 Å². The van der Waals surface area contributed by atoms with Crippen LogP contribution in [-0.4, -0.2) is 49.9 Å². The van der Waals surface area contributed by atoms with Gasteiger partial charge in [0.15, 0.2) is 0 Å². The number of carbonyl (C=O) groups excluding carboxylic acids is 2. The van der Waals surface area contributed by atoms with Gasteiger partial charge in [0.25, 0.3) is 10.0 Å². The molecule has 0 aliphatic heterocycles. The van der Waals surface area contributed by atoms with Gasteiger partial charge in [-0.15, -0.1) is 0 Å². The van der Waals surface area contributed by atoms with Crippen LogP contribution in [-0.2, 0) is 26.2 Å². The van der Waals surface area contributed by atoms with Gasteiger partial charge in [0.05, 0.1) is 17.2 Å². The molecule has 1 atom stereocenters. The maximum Gasteiger partial charge on any atom is 0.264 e. The first kappa shape index (κ1) is 31.7. The van der Waals surface area contributed by atoms with Crippen molar-refractivity contribution in [1.29, 1.82) is 0 Å². The quantitative estimate of drug-likeness (QED) is 0.336. The van der Waals surface area contributed by atoms with Gasteiger partial charge in [0.2, 0.25) is 11.8 Å². The number of sulfonamides is 1. The Morgan fingerprint density at radius 3 is 2.12 bits per heavy atom. The molecule has 0 spiro atoms. The fourth-order valence-corrected chi connectivity index (χ4v) is 5.72. The summed E-state index contributed by atoms with van der Waals surface area (Å²) in [5.41, 5.74) is 2.56. The number of hydrogen-bond acceptors (Lipinski definition) is 5. The van der Waals surface area contributed by atoms with Gasteiger partial charge in [0.1, 0.15) is 18.3 Å².